The van der Waals surface area contributed by atoms with Crippen LogP contribution in [-0.4, -0.2) is 22.1 Å². The number of aryl methyl sites for hydroxylation is 1. The normalized spacial score (nSPS) is 15.8. The third-order valence-corrected chi connectivity index (χ3v) is 4.17. The Morgan fingerprint density at radius 1 is 1.31 bits per heavy atom. The molecule has 1 heterocycles. The Hall–Kier alpha value is -3.03. The molecule has 1 aliphatic rings. The van der Waals surface area contributed by atoms with E-state index in [0.29, 0.717) is 17.8 Å². The Morgan fingerprint density at radius 3 is 2.85 bits per heavy atom. The predicted molar refractivity (Wildman–Crippen MR) is 91.7 cm³/mol. The molecule has 0 saturated carbocycles. The lowest BCUT2D eigenvalue weighted by molar-refractivity contribution is -0.116. The molecule has 7 nitrogen and oxygen atoms in total. The van der Waals surface area contributed by atoms with E-state index in [9.17, 15) is 14.0 Å². The topological polar surface area (TPSA) is 97.1 Å². The number of nitrogens with zero attached hydrogens (tertiary/aromatic N) is 2. The molecule has 1 aromatic heterocycles. The van der Waals surface area contributed by atoms with Crippen LogP contribution in [0.1, 0.15) is 41.0 Å². The van der Waals surface area contributed by atoms with E-state index in [1.54, 1.807) is 6.92 Å². The van der Waals surface area contributed by atoms with Crippen LogP contribution in [0.4, 0.5) is 10.1 Å². The molecule has 3 rings (SSSR count). The number of halogens is 1. The number of amides is 2. The van der Waals surface area contributed by atoms with Gasteiger partial charge in [0.15, 0.2) is 0 Å². The van der Waals surface area contributed by atoms with Crippen molar-refractivity contribution in [3.8, 4) is 0 Å². The van der Waals surface area contributed by atoms with Gasteiger partial charge in [-0.3, -0.25) is 9.59 Å². The summed E-state index contributed by atoms with van der Waals surface area (Å²) in [5, 5.41) is 12.6. The molecule has 0 saturated heterocycles. The third-order valence-electron chi connectivity index (χ3n) is 4.17. The van der Waals surface area contributed by atoms with E-state index in [2.05, 4.69) is 31.7 Å². The zero-order valence-corrected chi connectivity index (χ0v) is 14.3. The number of nitrogens with one attached hydrogen (secondary N) is 2. The van der Waals surface area contributed by atoms with Crippen molar-refractivity contribution in [2.24, 2.45) is 5.92 Å². The molecule has 1 aromatic carbocycles. The van der Waals surface area contributed by atoms with E-state index in [4.69, 9.17) is 0 Å². The SMILES string of the molecule is Cc1nonc1CNC(=O)c1cc(F)cc(NC(=O)CC2C=CCC2)c1. The second-order valence-corrected chi connectivity index (χ2v) is 6.23. The number of rotatable bonds is 6. The summed E-state index contributed by atoms with van der Waals surface area (Å²) in [7, 11) is 0. The molecule has 0 aliphatic heterocycles. The van der Waals surface area contributed by atoms with Crippen molar-refractivity contribution in [2.75, 3.05) is 5.32 Å². The van der Waals surface area contributed by atoms with Gasteiger partial charge >= 0.3 is 0 Å². The lowest BCUT2D eigenvalue weighted by atomic mass is 10.0. The van der Waals surface area contributed by atoms with Crippen LogP contribution in [0.25, 0.3) is 0 Å². The van der Waals surface area contributed by atoms with Gasteiger partial charge in [-0.2, -0.15) is 0 Å². The Bertz CT molecular complexity index is 847. The van der Waals surface area contributed by atoms with Crippen LogP contribution in [0.15, 0.2) is 35.0 Å². The number of carbonyl (C=O) groups is 2. The number of aromatic nitrogens is 2. The van der Waals surface area contributed by atoms with Gasteiger partial charge in [-0.15, -0.1) is 0 Å². The minimum absolute atomic E-state index is 0.107. The molecule has 0 fully saturated rings. The number of anilines is 1. The molecule has 26 heavy (non-hydrogen) atoms. The summed E-state index contributed by atoms with van der Waals surface area (Å²) in [5.74, 6) is -1.08. The Morgan fingerprint density at radius 2 is 2.15 bits per heavy atom. The van der Waals surface area contributed by atoms with Crippen molar-refractivity contribution in [1.82, 2.24) is 15.6 Å². The quantitative estimate of drug-likeness (QED) is 0.774. The van der Waals surface area contributed by atoms with Gasteiger partial charge in [-0.1, -0.05) is 22.5 Å². The van der Waals surface area contributed by atoms with Crippen LogP contribution in [0.3, 0.4) is 0 Å². The van der Waals surface area contributed by atoms with Gasteiger partial charge in [0.2, 0.25) is 5.91 Å². The Balaban J connectivity index is 1.62. The summed E-state index contributed by atoms with van der Waals surface area (Å²) in [6.07, 6.45) is 6.33. The lowest BCUT2D eigenvalue weighted by Gasteiger charge is -2.10. The first-order valence-corrected chi connectivity index (χ1v) is 8.34. The van der Waals surface area contributed by atoms with E-state index in [1.165, 1.54) is 12.1 Å². The van der Waals surface area contributed by atoms with Crippen molar-refractivity contribution in [1.29, 1.82) is 0 Å². The summed E-state index contributed by atoms with van der Waals surface area (Å²) >= 11 is 0. The van der Waals surface area contributed by atoms with Gasteiger partial charge in [0.25, 0.3) is 5.91 Å². The van der Waals surface area contributed by atoms with Gasteiger partial charge in [-0.05, 0) is 43.9 Å². The van der Waals surface area contributed by atoms with Gasteiger partial charge < -0.3 is 10.6 Å². The summed E-state index contributed by atoms with van der Waals surface area (Å²) < 4.78 is 18.4. The van der Waals surface area contributed by atoms with Crippen LogP contribution in [0.5, 0.6) is 0 Å². The minimum Gasteiger partial charge on any atom is -0.346 e. The summed E-state index contributed by atoms with van der Waals surface area (Å²) in [6, 6.07) is 3.73. The van der Waals surface area contributed by atoms with Gasteiger partial charge in [0.05, 0.1) is 6.54 Å². The number of hydrogen-bond donors (Lipinski definition) is 2. The smallest absolute Gasteiger partial charge is 0.251 e. The number of allylic oxidation sites excluding steroid dienone is 2. The zero-order chi connectivity index (χ0) is 18.5. The van der Waals surface area contributed by atoms with Crippen molar-refractivity contribution in [3.05, 3.63) is 53.1 Å². The van der Waals surface area contributed by atoms with Crippen molar-refractivity contribution in [3.63, 3.8) is 0 Å². The maximum Gasteiger partial charge on any atom is 0.251 e. The molecular weight excluding hydrogens is 339 g/mol. The Kier molecular flexibility index (Phi) is 5.40. The number of carbonyl (C=O) groups excluding carboxylic acids is 2. The fourth-order valence-electron chi connectivity index (χ4n) is 2.78. The second-order valence-electron chi connectivity index (χ2n) is 6.23. The first kappa shape index (κ1) is 17.8. The first-order valence-electron chi connectivity index (χ1n) is 8.34. The molecule has 1 aliphatic carbocycles. The molecule has 8 heteroatoms. The summed E-state index contributed by atoms with van der Waals surface area (Å²) in [4.78, 5) is 24.3. The van der Waals surface area contributed by atoms with Crippen molar-refractivity contribution >= 4 is 17.5 Å². The van der Waals surface area contributed by atoms with Crippen molar-refractivity contribution < 1.29 is 18.6 Å². The average Bonchev–Trinajstić information content (AvgIpc) is 3.23. The maximum atomic E-state index is 13.8. The highest BCUT2D eigenvalue weighted by Gasteiger charge is 2.16. The molecule has 0 spiro atoms. The van der Waals surface area contributed by atoms with E-state index < -0.39 is 11.7 Å². The van der Waals surface area contributed by atoms with E-state index >= 15 is 0 Å². The average molecular weight is 358 g/mol. The Labute approximate surface area is 149 Å². The molecule has 0 bridgehead atoms. The fourth-order valence-corrected chi connectivity index (χ4v) is 2.78. The molecule has 1 unspecified atom stereocenters. The summed E-state index contributed by atoms with van der Waals surface area (Å²) in [5.41, 5.74) is 1.42. The van der Waals surface area contributed by atoms with Crippen LogP contribution in [0.2, 0.25) is 0 Å². The molecule has 1 atom stereocenters. The summed E-state index contributed by atoms with van der Waals surface area (Å²) in [6.45, 7) is 1.81. The molecule has 2 N–H and O–H groups in total. The minimum atomic E-state index is -0.604. The largest absolute Gasteiger partial charge is 0.346 e. The highest BCUT2D eigenvalue weighted by molar-refractivity contribution is 5.97. The molecule has 136 valence electrons. The maximum absolute atomic E-state index is 13.8. The van der Waals surface area contributed by atoms with Crippen LogP contribution >= 0.6 is 0 Å². The van der Waals surface area contributed by atoms with E-state index in [1.807, 2.05) is 6.08 Å². The monoisotopic (exact) mass is 358 g/mol. The number of benzene rings is 1. The fraction of sp³-hybridized carbons (Fsp3) is 0.333. The van der Waals surface area contributed by atoms with E-state index in [-0.39, 0.29) is 29.6 Å². The van der Waals surface area contributed by atoms with Gasteiger partial charge in [0, 0.05) is 17.7 Å². The van der Waals surface area contributed by atoms with Crippen molar-refractivity contribution in [2.45, 2.75) is 32.7 Å². The van der Waals surface area contributed by atoms with Crippen LogP contribution < -0.4 is 10.6 Å². The standard InChI is InChI=1S/C18H19FN4O3/c1-11-16(23-26-22-11)10-20-18(25)13-7-14(19)9-15(8-13)21-17(24)6-12-4-2-3-5-12/h2,4,7-9,12H,3,5-6,10H2,1H3,(H,20,25)(H,21,24). The number of hydrogen-bond acceptors (Lipinski definition) is 5. The predicted octanol–water partition coefficient (Wildman–Crippen LogP) is 2.74. The van der Waals surface area contributed by atoms with Crippen LogP contribution in [-0.2, 0) is 11.3 Å². The van der Waals surface area contributed by atoms with Crippen LogP contribution in [0, 0.1) is 18.7 Å². The molecule has 2 amide bonds. The molecular formula is C18H19FN4O3. The second kappa shape index (κ2) is 7.90. The highest BCUT2D eigenvalue weighted by atomic mass is 19.1. The first-order chi connectivity index (χ1) is 12.5. The lowest BCUT2D eigenvalue weighted by Crippen LogP contribution is -2.24. The van der Waals surface area contributed by atoms with Gasteiger partial charge in [0.1, 0.15) is 17.2 Å². The zero-order valence-electron chi connectivity index (χ0n) is 14.3. The molecule has 0 radical (unpaired) electrons. The third kappa shape index (κ3) is 4.53. The molecule has 2 aromatic rings. The van der Waals surface area contributed by atoms with E-state index in [0.717, 1.165) is 18.9 Å². The van der Waals surface area contributed by atoms with Gasteiger partial charge in [-0.25, -0.2) is 9.02 Å². The highest BCUT2D eigenvalue weighted by Crippen LogP contribution is 2.21.